The monoisotopic (exact) mass is 267 g/mol. The summed E-state index contributed by atoms with van der Waals surface area (Å²) in [5.74, 6) is 1.25. The molecule has 0 bridgehead atoms. The van der Waals surface area contributed by atoms with Crippen molar-refractivity contribution in [2.24, 2.45) is 0 Å². The number of anilines is 1. The van der Waals surface area contributed by atoms with Crippen LogP contribution in [0.4, 0.5) is 5.82 Å². The van der Waals surface area contributed by atoms with Gasteiger partial charge in [-0.3, -0.25) is 0 Å². The molecule has 1 aromatic heterocycles. The van der Waals surface area contributed by atoms with E-state index in [9.17, 15) is 0 Å². The Kier molecular flexibility index (Phi) is 3.68. The van der Waals surface area contributed by atoms with Gasteiger partial charge in [0.15, 0.2) is 0 Å². The van der Waals surface area contributed by atoms with Crippen molar-refractivity contribution in [3.63, 3.8) is 0 Å². The van der Waals surface area contributed by atoms with E-state index in [0.717, 1.165) is 22.7 Å². The normalized spacial score (nSPS) is 16.2. The molecule has 0 aliphatic heterocycles. The molecule has 1 heterocycles. The number of hydrogen-bond acceptors (Lipinski definition) is 3. The number of benzene rings is 1. The maximum atomic E-state index is 5.71. The summed E-state index contributed by atoms with van der Waals surface area (Å²) in [4.78, 5) is 0. The van der Waals surface area contributed by atoms with Gasteiger partial charge in [-0.25, -0.2) is 0 Å². The third-order valence-corrected chi connectivity index (χ3v) is 4.31. The molecule has 1 aromatic carbocycles. The number of rotatable bonds is 2. The van der Waals surface area contributed by atoms with Crippen molar-refractivity contribution in [1.82, 2.24) is 10.2 Å². The molecule has 0 spiro atoms. The van der Waals surface area contributed by atoms with Crippen molar-refractivity contribution >= 4 is 5.82 Å². The highest BCUT2D eigenvalue weighted by atomic mass is 15.1. The quantitative estimate of drug-likeness (QED) is 0.892. The second kappa shape index (κ2) is 5.61. The molecule has 20 heavy (non-hydrogen) atoms. The van der Waals surface area contributed by atoms with Crippen LogP contribution >= 0.6 is 0 Å². The van der Waals surface area contributed by atoms with Gasteiger partial charge in [0, 0.05) is 5.56 Å². The summed E-state index contributed by atoms with van der Waals surface area (Å²) in [6.07, 6.45) is 6.80. The van der Waals surface area contributed by atoms with Gasteiger partial charge in [0.25, 0.3) is 0 Å². The number of nitrogen functional groups attached to an aromatic ring is 1. The first-order valence-corrected chi connectivity index (χ1v) is 7.44. The predicted molar refractivity (Wildman–Crippen MR) is 82.4 cm³/mol. The van der Waals surface area contributed by atoms with E-state index in [-0.39, 0.29) is 0 Å². The van der Waals surface area contributed by atoms with E-state index in [1.807, 2.05) is 13.0 Å². The van der Waals surface area contributed by atoms with Crippen LogP contribution in [0.5, 0.6) is 0 Å². The molecule has 0 unspecified atom stereocenters. The summed E-state index contributed by atoms with van der Waals surface area (Å²) in [7, 11) is 0. The summed E-state index contributed by atoms with van der Waals surface area (Å²) in [6.45, 7) is 1.96. The van der Waals surface area contributed by atoms with E-state index in [1.165, 1.54) is 37.7 Å². The lowest BCUT2D eigenvalue weighted by Gasteiger charge is -2.22. The lowest BCUT2D eigenvalue weighted by Crippen LogP contribution is -2.04. The van der Waals surface area contributed by atoms with Crippen molar-refractivity contribution in [3.05, 3.63) is 41.5 Å². The fourth-order valence-corrected chi connectivity index (χ4v) is 3.00. The molecular formula is C17H21N3. The molecule has 1 saturated carbocycles. The number of nitrogens with two attached hydrogens (primary N) is 1. The standard InChI is InChI=1S/C17H21N3/c1-12-11-16(19-20-17(12)18)15-9-7-14(8-10-15)13-5-3-2-4-6-13/h7-11,13H,2-6H2,1H3,(H2,18,20). The van der Waals surface area contributed by atoms with E-state index in [0.29, 0.717) is 5.82 Å². The largest absolute Gasteiger partial charge is 0.382 e. The van der Waals surface area contributed by atoms with Crippen LogP contribution in [-0.4, -0.2) is 10.2 Å². The van der Waals surface area contributed by atoms with Gasteiger partial charge >= 0.3 is 0 Å². The number of aryl methyl sites for hydroxylation is 1. The van der Waals surface area contributed by atoms with Crippen LogP contribution < -0.4 is 5.73 Å². The van der Waals surface area contributed by atoms with Gasteiger partial charge in [0.2, 0.25) is 0 Å². The third-order valence-electron chi connectivity index (χ3n) is 4.31. The van der Waals surface area contributed by atoms with Gasteiger partial charge in [-0.2, -0.15) is 0 Å². The first-order valence-electron chi connectivity index (χ1n) is 7.44. The molecule has 1 aliphatic carbocycles. The van der Waals surface area contributed by atoms with Crippen LogP contribution in [0.1, 0.15) is 49.1 Å². The smallest absolute Gasteiger partial charge is 0.149 e. The molecule has 0 saturated heterocycles. The van der Waals surface area contributed by atoms with Crippen LogP contribution in [0.15, 0.2) is 30.3 Å². The molecule has 2 aromatic rings. The lowest BCUT2D eigenvalue weighted by molar-refractivity contribution is 0.443. The van der Waals surface area contributed by atoms with E-state index in [4.69, 9.17) is 5.73 Å². The molecule has 1 aliphatic rings. The number of nitrogens with zero attached hydrogens (tertiary/aromatic N) is 2. The highest BCUT2D eigenvalue weighted by Crippen LogP contribution is 2.33. The molecule has 1 fully saturated rings. The Balaban J connectivity index is 1.83. The molecule has 3 nitrogen and oxygen atoms in total. The maximum Gasteiger partial charge on any atom is 0.149 e. The first kappa shape index (κ1) is 13.1. The highest BCUT2D eigenvalue weighted by Gasteiger charge is 2.15. The predicted octanol–water partition coefficient (Wildman–Crippen LogP) is 4.08. The molecular weight excluding hydrogens is 246 g/mol. The van der Waals surface area contributed by atoms with Crippen LogP contribution in [0, 0.1) is 6.92 Å². The van der Waals surface area contributed by atoms with Crippen molar-refractivity contribution in [2.75, 3.05) is 5.73 Å². The van der Waals surface area contributed by atoms with Crippen molar-refractivity contribution < 1.29 is 0 Å². The van der Waals surface area contributed by atoms with Gasteiger partial charge in [-0.15, -0.1) is 10.2 Å². The molecule has 104 valence electrons. The van der Waals surface area contributed by atoms with Crippen LogP contribution in [0.2, 0.25) is 0 Å². The maximum absolute atomic E-state index is 5.71. The molecule has 0 radical (unpaired) electrons. The summed E-state index contributed by atoms with van der Waals surface area (Å²) >= 11 is 0. The van der Waals surface area contributed by atoms with Crippen LogP contribution in [0.25, 0.3) is 11.3 Å². The van der Waals surface area contributed by atoms with E-state index < -0.39 is 0 Å². The van der Waals surface area contributed by atoms with Gasteiger partial charge < -0.3 is 5.73 Å². The van der Waals surface area contributed by atoms with Crippen molar-refractivity contribution in [1.29, 1.82) is 0 Å². The van der Waals surface area contributed by atoms with Crippen molar-refractivity contribution in [2.45, 2.75) is 44.9 Å². The zero-order chi connectivity index (χ0) is 13.9. The Morgan fingerprint density at radius 3 is 2.35 bits per heavy atom. The van der Waals surface area contributed by atoms with Crippen LogP contribution in [-0.2, 0) is 0 Å². The third kappa shape index (κ3) is 2.67. The average molecular weight is 267 g/mol. The fraction of sp³-hybridized carbons (Fsp3) is 0.412. The van der Waals surface area contributed by atoms with E-state index in [1.54, 1.807) is 0 Å². The lowest BCUT2D eigenvalue weighted by atomic mass is 9.84. The average Bonchev–Trinajstić information content (AvgIpc) is 2.51. The summed E-state index contributed by atoms with van der Waals surface area (Å²) in [5.41, 5.74) is 10.2. The Labute approximate surface area is 120 Å². The summed E-state index contributed by atoms with van der Waals surface area (Å²) in [5, 5.41) is 8.17. The second-order valence-electron chi connectivity index (χ2n) is 5.75. The topological polar surface area (TPSA) is 51.8 Å². The van der Waals surface area contributed by atoms with E-state index >= 15 is 0 Å². The number of aromatic nitrogens is 2. The summed E-state index contributed by atoms with van der Waals surface area (Å²) in [6, 6.07) is 10.8. The minimum atomic E-state index is 0.507. The van der Waals surface area contributed by atoms with Gasteiger partial charge in [0.05, 0.1) is 5.69 Å². The van der Waals surface area contributed by atoms with Crippen molar-refractivity contribution in [3.8, 4) is 11.3 Å². The number of hydrogen-bond donors (Lipinski definition) is 1. The van der Waals surface area contributed by atoms with Crippen LogP contribution in [0.3, 0.4) is 0 Å². The van der Waals surface area contributed by atoms with Gasteiger partial charge in [-0.1, -0.05) is 43.5 Å². The SMILES string of the molecule is Cc1cc(-c2ccc(C3CCCCC3)cc2)nnc1N. The first-order chi connectivity index (χ1) is 9.74. The zero-order valence-corrected chi connectivity index (χ0v) is 12.0. The minimum absolute atomic E-state index is 0.507. The molecule has 0 atom stereocenters. The highest BCUT2D eigenvalue weighted by molar-refractivity contribution is 5.61. The van der Waals surface area contributed by atoms with Gasteiger partial charge in [-0.05, 0) is 42.9 Å². The Morgan fingerprint density at radius 2 is 1.70 bits per heavy atom. The second-order valence-corrected chi connectivity index (χ2v) is 5.75. The minimum Gasteiger partial charge on any atom is -0.382 e. The molecule has 0 amide bonds. The van der Waals surface area contributed by atoms with Gasteiger partial charge in [0.1, 0.15) is 5.82 Å². The molecule has 3 heteroatoms. The zero-order valence-electron chi connectivity index (χ0n) is 12.0. The Morgan fingerprint density at radius 1 is 1.00 bits per heavy atom. The Hall–Kier alpha value is -1.90. The Bertz CT molecular complexity index is 584. The molecule has 2 N–H and O–H groups in total. The van der Waals surface area contributed by atoms with E-state index in [2.05, 4.69) is 34.5 Å². The molecule has 3 rings (SSSR count). The fourth-order valence-electron chi connectivity index (χ4n) is 3.00. The summed E-state index contributed by atoms with van der Waals surface area (Å²) < 4.78 is 0.